The smallest absolute Gasteiger partial charge is 0.224 e. The van der Waals surface area contributed by atoms with E-state index in [2.05, 4.69) is 4.72 Å². The maximum atomic E-state index is 13.4. The van der Waals surface area contributed by atoms with E-state index >= 15 is 0 Å². The standard InChI is InChI=1S/C14H19FN2O.C7H9NOS/c15-13-6-2-1-5-11(13)9-12(16)10-14(18)17-7-3-4-8-17;1-8-10(9)7-5-3-2-4-6-7/h1-2,5-6,12H,3-4,7-10,16H2;2-6,8H,1H3/t12-;/m1./s1. The number of likely N-dealkylation sites (tertiary alicyclic amines) is 1. The molecule has 7 heteroatoms. The number of amides is 1. The Kier molecular flexibility index (Phi) is 9.27. The predicted molar refractivity (Wildman–Crippen MR) is 110 cm³/mol. The van der Waals surface area contributed by atoms with E-state index in [1.165, 1.54) is 6.07 Å². The zero-order valence-electron chi connectivity index (χ0n) is 16.1. The lowest BCUT2D eigenvalue weighted by atomic mass is 10.0. The number of carbonyl (C=O) groups is 1. The number of halogens is 1. The van der Waals surface area contributed by atoms with E-state index in [0.717, 1.165) is 30.8 Å². The molecule has 1 aliphatic heterocycles. The Bertz CT molecular complexity index is 767. The summed E-state index contributed by atoms with van der Waals surface area (Å²) in [5.41, 5.74) is 6.51. The molecule has 1 heterocycles. The van der Waals surface area contributed by atoms with Crippen LogP contribution in [0.4, 0.5) is 4.39 Å². The number of benzene rings is 2. The lowest BCUT2D eigenvalue weighted by molar-refractivity contribution is -0.130. The van der Waals surface area contributed by atoms with Gasteiger partial charge in [0.05, 0.1) is 4.90 Å². The van der Waals surface area contributed by atoms with Gasteiger partial charge in [-0.05, 0) is 50.1 Å². The molecule has 0 aliphatic carbocycles. The number of hydrogen-bond donors (Lipinski definition) is 2. The highest BCUT2D eigenvalue weighted by Crippen LogP contribution is 2.13. The molecule has 0 aromatic heterocycles. The summed E-state index contributed by atoms with van der Waals surface area (Å²) in [5.74, 6) is -0.155. The van der Waals surface area contributed by atoms with Gasteiger partial charge in [0.2, 0.25) is 5.91 Å². The minimum Gasteiger partial charge on any atom is -0.343 e. The lowest BCUT2D eigenvalue weighted by Gasteiger charge is -2.18. The number of hydrogen-bond acceptors (Lipinski definition) is 3. The van der Waals surface area contributed by atoms with E-state index in [1.807, 2.05) is 35.2 Å². The molecule has 2 aromatic carbocycles. The molecule has 0 spiro atoms. The van der Waals surface area contributed by atoms with Gasteiger partial charge < -0.3 is 10.6 Å². The number of nitrogens with zero attached hydrogens (tertiary/aromatic N) is 1. The van der Waals surface area contributed by atoms with E-state index in [1.54, 1.807) is 25.2 Å². The Morgan fingerprint density at radius 2 is 1.75 bits per heavy atom. The molecule has 0 bridgehead atoms. The maximum Gasteiger partial charge on any atom is 0.224 e. The van der Waals surface area contributed by atoms with Crippen LogP contribution in [0.3, 0.4) is 0 Å². The fourth-order valence-electron chi connectivity index (χ4n) is 3.00. The van der Waals surface area contributed by atoms with Gasteiger partial charge >= 0.3 is 0 Å². The van der Waals surface area contributed by atoms with Gasteiger partial charge in [-0.25, -0.2) is 13.3 Å². The molecule has 1 aliphatic rings. The first kappa shape index (κ1) is 22.2. The van der Waals surface area contributed by atoms with Crippen LogP contribution in [0.25, 0.3) is 0 Å². The molecule has 0 radical (unpaired) electrons. The Hall–Kier alpha value is -2.09. The summed E-state index contributed by atoms with van der Waals surface area (Å²) in [6, 6.07) is 15.5. The zero-order valence-corrected chi connectivity index (χ0v) is 17.0. The molecule has 1 unspecified atom stereocenters. The van der Waals surface area contributed by atoms with Gasteiger partial charge in [-0.15, -0.1) is 0 Å². The average molecular weight is 406 g/mol. The number of nitrogens with one attached hydrogen (secondary N) is 1. The van der Waals surface area contributed by atoms with Gasteiger partial charge in [0.15, 0.2) is 0 Å². The summed E-state index contributed by atoms with van der Waals surface area (Å²) in [7, 11) is 0.629. The Balaban J connectivity index is 0.000000237. The minimum atomic E-state index is -1.04. The van der Waals surface area contributed by atoms with Gasteiger partial charge in [-0.2, -0.15) is 0 Å². The topological polar surface area (TPSA) is 75.4 Å². The van der Waals surface area contributed by atoms with E-state index in [-0.39, 0.29) is 17.8 Å². The predicted octanol–water partition coefficient (Wildman–Crippen LogP) is 2.64. The number of carbonyl (C=O) groups excluding carboxylic acids is 1. The van der Waals surface area contributed by atoms with Crippen molar-refractivity contribution in [2.75, 3.05) is 20.1 Å². The fraction of sp³-hybridized carbons (Fsp3) is 0.381. The van der Waals surface area contributed by atoms with Crippen molar-refractivity contribution >= 4 is 16.9 Å². The van der Waals surface area contributed by atoms with Crippen molar-refractivity contribution in [3.8, 4) is 0 Å². The molecule has 3 N–H and O–H groups in total. The Morgan fingerprint density at radius 1 is 1.14 bits per heavy atom. The van der Waals surface area contributed by atoms with Crippen molar-refractivity contribution in [1.29, 1.82) is 0 Å². The largest absolute Gasteiger partial charge is 0.343 e. The van der Waals surface area contributed by atoms with Gasteiger partial charge in [0.1, 0.15) is 16.8 Å². The van der Waals surface area contributed by atoms with Crippen molar-refractivity contribution in [2.24, 2.45) is 5.73 Å². The van der Waals surface area contributed by atoms with Crippen molar-refractivity contribution < 1.29 is 13.4 Å². The van der Waals surface area contributed by atoms with Crippen molar-refractivity contribution in [3.05, 3.63) is 66.0 Å². The number of nitrogens with two attached hydrogens (primary N) is 1. The maximum absolute atomic E-state index is 13.4. The van der Waals surface area contributed by atoms with Crippen LogP contribution in [0.1, 0.15) is 24.8 Å². The van der Waals surface area contributed by atoms with Crippen LogP contribution in [0.5, 0.6) is 0 Å². The van der Waals surface area contributed by atoms with Crippen LogP contribution in [0, 0.1) is 5.82 Å². The molecule has 5 nitrogen and oxygen atoms in total. The van der Waals surface area contributed by atoms with Crippen LogP contribution in [0.15, 0.2) is 59.5 Å². The first-order valence-electron chi connectivity index (χ1n) is 9.42. The summed E-state index contributed by atoms with van der Waals surface area (Å²) in [6.07, 6.45) is 2.86. The van der Waals surface area contributed by atoms with Crippen LogP contribution in [0.2, 0.25) is 0 Å². The average Bonchev–Trinajstić information content (AvgIpc) is 3.25. The van der Waals surface area contributed by atoms with Gasteiger partial charge in [0, 0.05) is 25.6 Å². The number of rotatable bonds is 6. The first-order chi connectivity index (χ1) is 13.5. The van der Waals surface area contributed by atoms with Crippen LogP contribution < -0.4 is 10.5 Å². The molecule has 0 saturated carbocycles. The fourth-order valence-corrected chi connectivity index (χ4v) is 3.64. The molecule has 28 heavy (non-hydrogen) atoms. The highest BCUT2D eigenvalue weighted by molar-refractivity contribution is 7.83. The SMILES string of the molecule is CNS(=O)c1ccccc1.N[C@@H](CC(=O)N1CCCC1)Cc1ccccc1F. The minimum absolute atomic E-state index is 0.0938. The van der Waals surface area contributed by atoms with Crippen molar-refractivity contribution in [2.45, 2.75) is 36.6 Å². The highest BCUT2D eigenvalue weighted by atomic mass is 32.2. The molecule has 2 atom stereocenters. The summed E-state index contributed by atoms with van der Waals surface area (Å²) < 4.78 is 27.1. The second-order valence-electron chi connectivity index (χ2n) is 6.63. The summed E-state index contributed by atoms with van der Waals surface area (Å²) in [6.45, 7) is 1.68. The summed E-state index contributed by atoms with van der Waals surface area (Å²) in [4.78, 5) is 14.5. The zero-order chi connectivity index (χ0) is 20.4. The lowest BCUT2D eigenvalue weighted by Crippen LogP contribution is -2.35. The van der Waals surface area contributed by atoms with Gasteiger partial charge in [-0.1, -0.05) is 36.4 Å². The second kappa shape index (κ2) is 11.7. The van der Waals surface area contributed by atoms with Gasteiger partial charge in [-0.3, -0.25) is 4.79 Å². The van der Waals surface area contributed by atoms with Crippen molar-refractivity contribution in [1.82, 2.24) is 9.62 Å². The molecule has 3 rings (SSSR count). The molecule has 1 fully saturated rings. The van der Waals surface area contributed by atoms with E-state index in [9.17, 15) is 13.4 Å². The summed E-state index contributed by atoms with van der Waals surface area (Å²) >= 11 is 0. The van der Waals surface area contributed by atoms with E-state index in [0.29, 0.717) is 18.4 Å². The normalized spacial score (nSPS) is 15.5. The monoisotopic (exact) mass is 405 g/mol. The highest BCUT2D eigenvalue weighted by Gasteiger charge is 2.20. The third-order valence-electron chi connectivity index (χ3n) is 4.48. The second-order valence-corrected chi connectivity index (χ2v) is 8.05. The quantitative estimate of drug-likeness (QED) is 0.776. The van der Waals surface area contributed by atoms with Crippen molar-refractivity contribution in [3.63, 3.8) is 0 Å². The third kappa shape index (κ3) is 7.14. The Labute approximate surface area is 168 Å². The van der Waals surface area contributed by atoms with E-state index in [4.69, 9.17) is 5.73 Å². The third-order valence-corrected chi connectivity index (χ3v) is 5.55. The van der Waals surface area contributed by atoms with E-state index < -0.39 is 11.0 Å². The van der Waals surface area contributed by atoms with Crippen LogP contribution >= 0.6 is 0 Å². The molecule has 152 valence electrons. The molecule has 2 aromatic rings. The first-order valence-corrected chi connectivity index (χ1v) is 10.6. The van der Waals surface area contributed by atoms with Crippen LogP contribution in [-0.4, -0.2) is 41.2 Å². The molecular weight excluding hydrogens is 377 g/mol. The van der Waals surface area contributed by atoms with Gasteiger partial charge in [0.25, 0.3) is 0 Å². The summed E-state index contributed by atoms with van der Waals surface area (Å²) in [5, 5.41) is 0. The van der Waals surface area contributed by atoms with Crippen LogP contribution in [-0.2, 0) is 22.2 Å². The molecule has 1 saturated heterocycles. The Morgan fingerprint density at radius 3 is 2.36 bits per heavy atom. The molecular formula is C21H28FN3O2S. The molecule has 1 amide bonds.